The van der Waals surface area contributed by atoms with Gasteiger partial charge in [-0.3, -0.25) is 0 Å². The van der Waals surface area contributed by atoms with Gasteiger partial charge in [0.25, 0.3) is 0 Å². The first-order chi connectivity index (χ1) is 4.66. The summed E-state index contributed by atoms with van der Waals surface area (Å²) in [6.07, 6.45) is -2.84. The van der Waals surface area contributed by atoms with Crippen molar-refractivity contribution in [2.24, 2.45) is 10.8 Å². The van der Waals surface area contributed by atoms with Gasteiger partial charge in [0.15, 0.2) is 0 Å². The second-order valence-electron chi connectivity index (χ2n) is 1.80. The molecule has 0 aliphatic carbocycles. The second kappa shape index (κ2) is 4.96. The molecule has 1 atom stereocenters. The lowest BCUT2D eigenvalue weighted by Gasteiger charge is -2.05. The average molecular weight is 150 g/mol. The molecule has 58 valence electrons. The first-order valence-corrected chi connectivity index (χ1v) is 2.71. The highest BCUT2D eigenvalue weighted by Gasteiger charge is 2.08. The van der Waals surface area contributed by atoms with Gasteiger partial charge in [0.05, 0.1) is 0 Å². The third-order valence-electron chi connectivity index (χ3n) is 0.860. The van der Waals surface area contributed by atoms with Crippen LogP contribution in [0.5, 0.6) is 0 Å². The Balaban J connectivity index is 3.42. The molecule has 0 saturated heterocycles. The number of rotatable bonds is 4. The minimum Gasteiger partial charge on any atom is -0.327 e. The molecule has 0 heterocycles. The van der Waals surface area contributed by atoms with Crippen molar-refractivity contribution >= 4 is 0 Å². The molecule has 0 aromatic rings. The van der Waals surface area contributed by atoms with Gasteiger partial charge in [-0.2, -0.15) is 0 Å². The van der Waals surface area contributed by atoms with Crippen LogP contribution in [-0.2, 0) is 0 Å². The Labute approximate surface area is 56.6 Å². The number of azide groups is 1. The first-order valence-electron chi connectivity index (χ1n) is 2.71. The third-order valence-corrected chi connectivity index (χ3v) is 0.860. The van der Waals surface area contributed by atoms with Crippen LogP contribution >= 0.6 is 0 Å². The van der Waals surface area contributed by atoms with Crippen molar-refractivity contribution in [2.75, 3.05) is 6.54 Å². The molecule has 2 N–H and O–H groups in total. The van der Waals surface area contributed by atoms with E-state index in [4.69, 9.17) is 11.3 Å². The molecule has 0 spiro atoms. The maximum atomic E-state index is 11.5. The number of nitrogens with two attached hydrogens (primary N) is 1. The van der Waals surface area contributed by atoms with Crippen LogP contribution in [0.2, 0.25) is 0 Å². The Morgan fingerprint density at radius 2 is 2.20 bits per heavy atom. The molecule has 0 unspecified atom stereocenters. The van der Waals surface area contributed by atoms with Crippen LogP contribution in [0.1, 0.15) is 6.42 Å². The highest BCUT2D eigenvalue weighted by molar-refractivity contribution is 4.65. The Kier molecular flexibility index (Phi) is 4.53. The number of hydrogen-bond acceptors (Lipinski definition) is 2. The fraction of sp³-hybridized carbons (Fsp3) is 1.00. The average Bonchev–Trinajstić information content (AvgIpc) is 1.82. The van der Waals surface area contributed by atoms with E-state index < -0.39 is 18.9 Å². The van der Waals surface area contributed by atoms with E-state index in [1.807, 2.05) is 0 Å². The zero-order valence-electron chi connectivity index (χ0n) is 5.24. The summed E-state index contributed by atoms with van der Waals surface area (Å²) in [4.78, 5) is 2.38. The monoisotopic (exact) mass is 150 g/mol. The molecule has 0 aromatic carbocycles. The maximum Gasteiger partial charge on any atom is 0.240 e. The van der Waals surface area contributed by atoms with Crippen molar-refractivity contribution in [1.29, 1.82) is 0 Å². The van der Waals surface area contributed by atoms with Gasteiger partial charge in [-0.05, 0) is 5.53 Å². The van der Waals surface area contributed by atoms with Crippen LogP contribution in [0.25, 0.3) is 10.4 Å². The lowest BCUT2D eigenvalue weighted by Crippen LogP contribution is -2.25. The van der Waals surface area contributed by atoms with E-state index in [-0.39, 0.29) is 6.54 Å². The molecule has 4 nitrogen and oxygen atoms in total. The zero-order chi connectivity index (χ0) is 7.98. The molecule has 0 radical (unpaired) electrons. The summed E-state index contributed by atoms with van der Waals surface area (Å²) in [6.45, 7) is -0.0686. The second-order valence-corrected chi connectivity index (χ2v) is 1.80. The molecular weight excluding hydrogens is 142 g/mol. The first kappa shape index (κ1) is 9.13. The van der Waals surface area contributed by atoms with Gasteiger partial charge in [-0.25, -0.2) is 8.78 Å². The fourth-order valence-electron chi connectivity index (χ4n) is 0.445. The van der Waals surface area contributed by atoms with Gasteiger partial charge in [-0.15, -0.1) is 0 Å². The Morgan fingerprint density at radius 3 is 2.60 bits per heavy atom. The summed E-state index contributed by atoms with van der Waals surface area (Å²) >= 11 is 0. The summed E-state index contributed by atoms with van der Waals surface area (Å²) in [7, 11) is 0. The van der Waals surface area contributed by atoms with E-state index in [2.05, 4.69) is 10.0 Å². The van der Waals surface area contributed by atoms with Crippen LogP contribution in [0, 0.1) is 0 Å². The van der Waals surface area contributed by atoms with Crippen molar-refractivity contribution < 1.29 is 8.78 Å². The number of nitrogens with zero attached hydrogens (tertiary/aromatic N) is 3. The van der Waals surface area contributed by atoms with Gasteiger partial charge in [0.1, 0.15) is 0 Å². The standard InChI is InChI=1S/C4H8F2N4/c5-4(6)1-3(7)2-9-10-8/h3-4H,1-2,7H2/t3-/m0/s1. The van der Waals surface area contributed by atoms with Gasteiger partial charge >= 0.3 is 0 Å². The quantitative estimate of drug-likeness (QED) is 0.366. The molecule has 0 aliphatic heterocycles. The Morgan fingerprint density at radius 1 is 1.60 bits per heavy atom. The zero-order valence-corrected chi connectivity index (χ0v) is 5.24. The molecule has 0 fully saturated rings. The summed E-state index contributed by atoms with van der Waals surface area (Å²) in [5.41, 5.74) is 12.9. The van der Waals surface area contributed by atoms with Crippen molar-refractivity contribution in [3.05, 3.63) is 10.4 Å². The van der Waals surface area contributed by atoms with Gasteiger partial charge in [0, 0.05) is 23.9 Å². The number of halogens is 2. The van der Waals surface area contributed by atoms with E-state index in [0.717, 1.165) is 0 Å². The third kappa shape index (κ3) is 5.27. The summed E-state index contributed by atoms with van der Waals surface area (Å²) in [5, 5.41) is 3.05. The number of hydrogen-bond donors (Lipinski definition) is 1. The van der Waals surface area contributed by atoms with Crippen molar-refractivity contribution in [1.82, 2.24) is 0 Å². The van der Waals surface area contributed by atoms with E-state index in [1.165, 1.54) is 0 Å². The predicted octanol–water partition coefficient (Wildman–Crippen LogP) is 1.28. The predicted molar refractivity (Wildman–Crippen MR) is 32.6 cm³/mol. The molecule has 0 amide bonds. The fourth-order valence-corrected chi connectivity index (χ4v) is 0.445. The Hall–Kier alpha value is -0.870. The van der Waals surface area contributed by atoms with Gasteiger partial charge in [-0.1, -0.05) is 5.11 Å². The van der Waals surface area contributed by atoms with E-state index >= 15 is 0 Å². The topological polar surface area (TPSA) is 74.8 Å². The molecule has 0 aromatic heterocycles. The van der Waals surface area contributed by atoms with Gasteiger partial charge in [0.2, 0.25) is 6.43 Å². The minimum absolute atomic E-state index is 0.0686. The molecular formula is C4H8F2N4. The van der Waals surface area contributed by atoms with Crippen LogP contribution in [0.15, 0.2) is 5.11 Å². The van der Waals surface area contributed by atoms with Crippen molar-refractivity contribution in [3.63, 3.8) is 0 Å². The van der Waals surface area contributed by atoms with Crippen molar-refractivity contribution in [2.45, 2.75) is 18.9 Å². The maximum absolute atomic E-state index is 11.5. The highest BCUT2D eigenvalue weighted by atomic mass is 19.3. The smallest absolute Gasteiger partial charge is 0.240 e. The van der Waals surface area contributed by atoms with Crippen LogP contribution in [-0.4, -0.2) is 19.0 Å². The summed E-state index contributed by atoms with van der Waals surface area (Å²) < 4.78 is 23.0. The highest BCUT2D eigenvalue weighted by Crippen LogP contribution is 2.01. The molecule has 0 bridgehead atoms. The lowest BCUT2D eigenvalue weighted by atomic mass is 10.2. The lowest BCUT2D eigenvalue weighted by molar-refractivity contribution is 0.129. The van der Waals surface area contributed by atoms with Crippen LogP contribution < -0.4 is 5.73 Å². The molecule has 0 aliphatic rings. The molecule has 0 rings (SSSR count). The summed E-state index contributed by atoms with van der Waals surface area (Å²) in [6, 6.07) is -0.726. The van der Waals surface area contributed by atoms with Crippen LogP contribution in [0.3, 0.4) is 0 Å². The molecule has 6 heteroatoms. The van der Waals surface area contributed by atoms with E-state index in [9.17, 15) is 8.78 Å². The van der Waals surface area contributed by atoms with E-state index in [0.29, 0.717) is 0 Å². The number of alkyl halides is 2. The normalized spacial score (nSPS) is 12.8. The molecule has 0 saturated carbocycles. The van der Waals surface area contributed by atoms with Gasteiger partial charge < -0.3 is 5.73 Å². The summed E-state index contributed by atoms with van der Waals surface area (Å²) in [5.74, 6) is 0. The van der Waals surface area contributed by atoms with E-state index in [1.54, 1.807) is 0 Å². The molecule has 10 heavy (non-hydrogen) atoms. The SMILES string of the molecule is [N-]=[N+]=NC[C@@H](N)CC(F)F. The largest absolute Gasteiger partial charge is 0.327 e. The van der Waals surface area contributed by atoms with Crippen LogP contribution in [0.4, 0.5) is 8.78 Å². The van der Waals surface area contributed by atoms with Crippen molar-refractivity contribution in [3.8, 4) is 0 Å². The Bertz CT molecular complexity index is 131. The minimum atomic E-state index is -2.43.